The fourth-order valence-electron chi connectivity index (χ4n) is 8.44. The number of allylic oxidation sites excluding steroid dienone is 10. The third-order valence-electron chi connectivity index (χ3n) is 13.0. The number of hydrogen-bond acceptors (Lipinski definition) is 6. The Hall–Kier alpha value is -2.89. The van der Waals surface area contributed by atoms with Gasteiger partial charge in [0.05, 0.1) is 0 Å². The molecule has 0 bridgehead atoms. The van der Waals surface area contributed by atoms with Gasteiger partial charge in [0.25, 0.3) is 0 Å². The molecule has 0 saturated carbocycles. The summed E-state index contributed by atoms with van der Waals surface area (Å²) in [6.45, 7) is 6.59. The Morgan fingerprint density at radius 2 is 0.522 bits per heavy atom. The SMILES string of the molecule is CCCCC/C=C\C/C=C\C/C=C\CCCCC(=O)O[C@@H](COC(=O)CCCCCCCCC/C=C\CCCCCC)COC(=O)CCCCCCCCCCCCC/C=C\CCCCCCCC. The maximum atomic E-state index is 12.8. The summed E-state index contributed by atoms with van der Waals surface area (Å²) in [7, 11) is 0. The molecule has 6 heteroatoms. The maximum absolute atomic E-state index is 12.8. The number of carbonyl (C=O) groups is 3. The van der Waals surface area contributed by atoms with Crippen LogP contribution in [0.15, 0.2) is 60.8 Å². The first-order valence-corrected chi connectivity index (χ1v) is 29.8. The molecule has 0 N–H and O–H groups in total. The van der Waals surface area contributed by atoms with Crippen molar-refractivity contribution < 1.29 is 28.6 Å². The fraction of sp³-hybridized carbons (Fsp3) is 0.794. The molecule has 0 aliphatic heterocycles. The predicted octanol–water partition coefficient (Wildman–Crippen LogP) is 20.0. The molecule has 0 aliphatic carbocycles. The molecule has 1 atom stereocenters. The summed E-state index contributed by atoms with van der Waals surface area (Å²) in [6, 6.07) is 0. The van der Waals surface area contributed by atoms with E-state index in [1.165, 1.54) is 193 Å². The molecule has 400 valence electrons. The molecule has 0 spiro atoms. The van der Waals surface area contributed by atoms with Crippen LogP contribution in [0, 0.1) is 0 Å². The van der Waals surface area contributed by atoms with E-state index in [4.69, 9.17) is 14.2 Å². The van der Waals surface area contributed by atoms with E-state index in [-0.39, 0.29) is 37.5 Å². The lowest BCUT2D eigenvalue weighted by atomic mass is 10.0. The molecule has 0 aromatic carbocycles. The van der Waals surface area contributed by atoms with Crippen LogP contribution in [0.25, 0.3) is 0 Å². The second kappa shape index (κ2) is 57.7. The Bertz CT molecular complexity index is 1250. The molecule has 0 heterocycles. The van der Waals surface area contributed by atoms with Crippen LogP contribution in [0.3, 0.4) is 0 Å². The van der Waals surface area contributed by atoms with Crippen LogP contribution in [0.1, 0.15) is 303 Å². The Morgan fingerprint density at radius 3 is 0.899 bits per heavy atom. The molecule has 0 rings (SSSR count). The van der Waals surface area contributed by atoms with Crippen LogP contribution in [-0.2, 0) is 28.6 Å². The molecular weight excluding hydrogens is 853 g/mol. The van der Waals surface area contributed by atoms with E-state index in [0.717, 1.165) is 64.2 Å². The van der Waals surface area contributed by atoms with E-state index in [9.17, 15) is 14.4 Å². The number of hydrogen-bond donors (Lipinski definition) is 0. The predicted molar refractivity (Wildman–Crippen MR) is 298 cm³/mol. The van der Waals surface area contributed by atoms with E-state index < -0.39 is 6.10 Å². The number of carbonyl (C=O) groups excluding carboxylic acids is 3. The second-order valence-electron chi connectivity index (χ2n) is 19.9. The van der Waals surface area contributed by atoms with Gasteiger partial charge in [-0.15, -0.1) is 0 Å². The molecule has 0 aromatic rings. The Labute approximate surface area is 428 Å². The third kappa shape index (κ3) is 55.9. The zero-order valence-corrected chi connectivity index (χ0v) is 45.8. The fourth-order valence-corrected chi connectivity index (χ4v) is 8.44. The van der Waals surface area contributed by atoms with E-state index in [1.807, 2.05) is 0 Å². The molecule has 0 radical (unpaired) electrons. The monoisotopic (exact) mass is 965 g/mol. The molecule has 0 unspecified atom stereocenters. The van der Waals surface area contributed by atoms with Crippen molar-refractivity contribution in [2.24, 2.45) is 0 Å². The van der Waals surface area contributed by atoms with Crippen molar-refractivity contribution in [3.8, 4) is 0 Å². The summed E-state index contributed by atoms with van der Waals surface area (Å²) in [5, 5.41) is 0. The minimum Gasteiger partial charge on any atom is -0.462 e. The lowest BCUT2D eigenvalue weighted by Gasteiger charge is -2.18. The maximum Gasteiger partial charge on any atom is 0.306 e. The van der Waals surface area contributed by atoms with E-state index >= 15 is 0 Å². The number of ether oxygens (including phenoxy) is 3. The highest BCUT2D eigenvalue weighted by Gasteiger charge is 2.19. The molecule has 69 heavy (non-hydrogen) atoms. The Morgan fingerprint density at radius 1 is 0.290 bits per heavy atom. The van der Waals surface area contributed by atoms with Gasteiger partial charge in [0, 0.05) is 19.3 Å². The largest absolute Gasteiger partial charge is 0.462 e. The van der Waals surface area contributed by atoms with Crippen molar-refractivity contribution >= 4 is 17.9 Å². The van der Waals surface area contributed by atoms with Gasteiger partial charge in [-0.2, -0.15) is 0 Å². The van der Waals surface area contributed by atoms with Crippen LogP contribution >= 0.6 is 0 Å². The Kier molecular flexibility index (Phi) is 55.3. The first-order valence-electron chi connectivity index (χ1n) is 29.8. The van der Waals surface area contributed by atoms with Crippen LogP contribution in [-0.4, -0.2) is 37.2 Å². The standard InChI is InChI=1S/C63H112O6/c1-4-7-10-13-16-19-22-25-28-29-30-31-32-33-36-38-41-44-47-50-53-56-62(65)68-59-60(69-63(66)57-54-51-48-45-42-39-35-27-24-21-18-15-12-9-6-3)58-67-61(64)55-52-49-46-43-40-37-34-26-23-20-17-14-11-8-5-2/h18,20-21,23,25,27-28,35,42,45,60H,4-17,19,22,24,26,29-34,36-41,43-44,46-59H2,1-3H3/b21-18-,23-20-,28-25-,35-27-,45-42-/t60-/m0/s1. The summed E-state index contributed by atoms with van der Waals surface area (Å²) < 4.78 is 16.8. The van der Waals surface area contributed by atoms with E-state index in [1.54, 1.807) is 0 Å². The van der Waals surface area contributed by atoms with Crippen LogP contribution in [0.5, 0.6) is 0 Å². The lowest BCUT2D eigenvalue weighted by Crippen LogP contribution is -2.30. The van der Waals surface area contributed by atoms with Gasteiger partial charge in [0.2, 0.25) is 0 Å². The normalized spacial score (nSPS) is 12.4. The summed E-state index contributed by atoms with van der Waals surface area (Å²) >= 11 is 0. The topological polar surface area (TPSA) is 78.9 Å². The van der Waals surface area contributed by atoms with E-state index in [2.05, 4.69) is 81.5 Å². The molecule has 0 amide bonds. The summed E-state index contributed by atoms with van der Waals surface area (Å²) in [5.74, 6) is -0.922. The average molecular weight is 966 g/mol. The first kappa shape index (κ1) is 66.1. The molecule has 0 aliphatic rings. The van der Waals surface area contributed by atoms with Gasteiger partial charge in [-0.05, 0) is 109 Å². The molecule has 6 nitrogen and oxygen atoms in total. The van der Waals surface area contributed by atoms with Crippen molar-refractivity contribution in [1.82, 2.24) is 0 Å². The van der Waals surface area contributed by atoms with Gasteiger partial charge in [-0.3, -0.25) is 14.4 Å². The number of esters is 3. The highest BCUT2D eigenvalue weighted by molar-refractivity contribution is 5.71. The molecular formula is C63H112O6. The van der Waals surface area contributed by atoms with Crippen molar-refractivity contribution in [2.75, 3.05) is 13.2 Å². The van der Waals surface area contributed by atoms with Gasteiger partial charge in [-0.1, -0.05) is 236 Å². The summed E-state index contributed by atoms with van der Waals surface area (Å²) in [4.78, 5) is 38.2. The van der Waals surface area contributed by atoms with Gasteiger partial charge in [0.15, 0.2) is 6.10 Å². The molecule has 0 saturated heterocycles. The third-order valence-corrected chi connectivity index (χ3v) is 13.0. The molecule has 0 fully saturated rings. The van der Waals surface area contributed by atoms with Crippen LogP contribution in [0.2, 0.25) is 0 Å². The van der Waals surface area contributed by atoms with Crippen LogP contribution < -0.4 is 0 Å². The lowest BCUT2D eigenvalue weighted by molar-refractivity contribution is -0.167. The van der Waals surface area contributed by atoms with Crippen molar-refractivity contribution in [3.05, 3.63) is 60.8 Å². The minimum absolute atomic E-state index is 0.0898. The van der Waals surface area contributed by atoms with E-state index in [0.29, 0.717) is 19.3 Å². The van der Waals surface area contributed by atoms with Gasteiger partial charge in [-0.25, -0.2) is 0 Å². The van der Waals surface area contributed by atoms with Gasteiger partial charge >= 0.3 is 17.9 Å². The summed E-state index contributed by atoms with van der Waals surface area (Å²) in [6.07, 6.45) is 72.2. The smallest absolute Gasteiger partial charge is 0.306 e. The highest BCUT2D eigenvalue weighted by atomic mass is 16.6. The minimum atomic E-state index is -0.796. The van der Waals surface area contributed by atoms with Crippen molar-refractivity contribution in [3.63, 3.8) is 0 Å². The highest BCUT2D eigenvalue weighted by Crippen LogP contribution is 2.16. The number of rotatable bonds is 54. The Balaban J connectivity index is 4.37. The first-order chi connectivity index (χ1) is 34.0. The average Bonchev–Trinajstić information content (AvgIpc) is 3.35. The number of unbranched alkanes of at least 4 members (excludes halogenated alkanes) is 33. The summed E-state index contributed by atoms with van der Waals surface area (Å²) in [5.41, 5.74) is 0. The van der Waals surface area contributed by atoms with Gasteiger partial charge in [0.1, 0.15) is 13.2 Å². The zero-order valence-electron chi connectivity index (χ0n) is 45.8. The van der Waals surface area contributed by atoms with Crippen LogP contribution in [0.4, 0.5) is 0 Å². The molecule has 0 aromatic heterocycles. The zero-order chi connectivity index (χ0) is 50.0. The van der Waals surface area contributed by atoms with Gasteiger partial charge < -0.3 is 14.2 Å². The quantitative estimate of drug-likeness (QED) is 0.0262. The van der Waals surface area contributed by atoms with Crippen molar-refractivity contribution in [2.45, 2.75) is 309 Å². The second-order valence-corrected chi connectivity index (χ2v) is 19.9. The van der Waals surface area contributed by atoms with Crippen molar-refractivity contribution in [1.29, 1.82) is 0 Å².